The fourth-order valence-electron chi connectivity index (χ4n) is 1.00. The summed E-state index contributed by atoms with van der Waals surface area (Å²) in [5.74, 6) is 0. The molecule has 0 aromatic heterocycles. The third-order valence-corrected chi connectivity index (χ3v) is 8.06. The molecular formula is C8H28N2Si2. The normalized spacial score (nSPS) is 11.5. The quantitative estimate of drug-likeness (QED) is 0.697. The zero-order valence-corrected chi connectivity index (χ0v) is 10.0. The second-order valence-corrected chi connectivity index (χ2v) is 13.5. The van der Waals surface area contributed by atoms with Gasteiger partial charge >= 0.3 is 0 Å². The first-order valence-corrected chi connectivity index (χ1v) is 10.2. The van der Waals surface area contributed by atoms with Gasteiger partial charge in [-0.1, -0.05) is 34.5 Å². The summed E-state index contributed by atoms with van der Waals surface area (Å²) in [6, 6.07) is 0. The molecule has 0 saturated heterocycles. The Morgan fingerprint density at radius 2 is 1.17 bits per heavy atom. The van der Waals surface area contributed by atoms with Crippen LogP contribution in [-0.2, 0) is 0 Å². The van der Waals surface area contributed by atoms with Gasteiger partial charge in [-0.25, -0.2) is 0 Å². The van der Waals surface area contributed by atoms with Crippen molar-refractivity contribution in [2.24, 2.45) is 0 Å². The summed E-state index contributed by atoms with van der Waals surface area (Å²) >= 11 is 0. The van der Waals surface area contributed by atoms with E-state index in [1.165, 1.54) is 0 Å². The van der Waals surface area contributed by atoms with Crippen molar-refractivity contribution in [2.45, 2.75) is 47.6 Å². The highest BCUT2D eigenvalue weighted by Gasteiger charge is 2.25. The molecule has 2 nitrogen and oxygen atoms in total. The molecule has 0 aliphatic heterocycles. The average molecular weight is 208 g/mol. The van der Waals surface area contributed by atoms with Crippen LogP contribution in [0.1, 0.15) is 14.9 Å². The van der Waals surface area contributed by atoms with E-state index in [4.69, 9.17) is 0 Å². The summed E-state index contributed by atoms with van der Waals surface area (Å²) in [5.41, 5.74) is 0. The molecule has 0 atom stereocenters. The van der Waals surface area contributed by atoms with E-state index in [0.717, 1.165) is 0 Å². The van der Waals surface area contributed by atoms with Crippen LogP contribution in [-0.4, -0.2) is 23.7 Å². The van der Waals surface area contributed by atoms with Crippen LogP contribution in [0.25, 0.3) is 0 Å². The van der Waals surface area contributed by atoms with Gasteiger partial charge in [0.2, 0.25) is 0 Å². The Morgan fingerprint density at radius 1 is 0.833 bits per heavy atom. The first-order valence-electron chi connectivity index (χ1n) is 3.75. The van der Waals surface area contributed by atoms with E-state index in [1.807, 2.05) is 7.05 Å². The summed E-state index contributed by atoms with van der Waals surface area (Å²) in [5, 5.41) is 0. The topological polar surface area (TPSA) is 24.1 Å². The van der Waals surface area contributed by atoms with Crippen LogP contribution in [0.15, 0.2) is 0 Å². The first-order chi connectivity index (χ1) is 4.27. The van der Waals surface area contributed by atoms with Gasteiger partial charge in [-0.3, -0.25) is 0 Å². The van der Waals surface area contributed by atoms with E-state index < -0.39 is 16.6 Å². The standard InChI is InChI=1S/C6H20N2Si2.2CH4/c1-7-10(5,6)8-9(2,3)4;;/h7-8H,1-6H3;2*1H4. The van der Waals surface area contributed by atoms with Gasteiger partial charge in [0, 0.05) is 0 Å². The molecule has 0 fully saturated rings. The molecule has 0 aliphatic rings. The van der Waals surface area contributed by atoms with Gasteiger partial charge in [0.05, 0.1) is 0 Å². The van der Waals surface area contributed by atoms with Gasteiger partial charge in [-0.05, 0) is 20.1 Å². The van der Waals surface area contributed by atoms with Crippen molar-refractivity contribution >= 4 is 16.6 Å². The largest absolute Gasteiger partial charge is 0.348 e. The van der Waals surface area contributed by atoms with Crippen LogP contribution >= 0.6 is 0 Å². The molecule has 2 N–H and O–H groups in total. The Bertz CT molecular complexity index is 108. The van der Waals surface area contributed by atoms with Crippen molar-refractivity contribution in [3.63, 3.8) is 0 Å². The minimum absolute atomic E-state index is 0. The smallest absolute Gasteiger partial charge is 0.188 e. The van der Waals surface area contributed by atoms with Crippen molar-refractivity contribution in [2.75, 3.05) is 7.05 Å². The fraction of sp³-hybridized carbons (Fsp3) is 1.00. The van der Waals surface area contributed by atoms with Crippen LogP contribution in [0.3, 0.4) is 0 Å². The second-order valence-electron chi connectivity index (χ2n) is 4.25. The molecule has 78 valence electrons. The molecule has 12 heavy (non-hydrogen) atoms. The van der Waals surface area contributed by atoms with E-state index in [2.05, 4.69) is 42.4 Å². The Kier molecular flexibility index (Phi) is 8.96. The van der Waals surface area contributed by atoms with Crippen molar-refractivity contribution in [1.29, 1.82) is 0 Å². The van der Waals surface area contributed by atoms with Crippen molar-refractivity contribution in [1.82, 2.24) is 9.63 Å². The summed E-state index contributed by atoms with van der Waals surface area (Å²) < 4.78 is 3.71. The molecule has 0 saturated carbocycles. The van der Waals surface area contributed by atoms with Gasteiger partial charge in [0.25, 0.3) is 0 Å². The highest BCUT2D eigenvalue weighted by Crippen LogP contribution is 2.00. The van der Waals surface area contributed by atoms with Crippen LogP contribution in [0.5, 0.6) is 0 Å². The molecule has 0 heterocycles. The number of hydrogen-bond acceptors (Lipinski definition) is 2. The summed E-state index contributed by atoms with van der Waals surface area (Å²) in [6.07, 6.45) is 0. The Hall–Kier alpha value is 0.354. The van der Waals surface area contributed by atoms with E-state index >= 15 is 0 Å². The third kappa shape index (κ3) is 10.4. The highest BCUT2D eigenvalue weighted by molar-refractivity contribution is 6.89. The lowest BCUT2D eigenvalue weighted by atomic mass is 11.6. The Balaban J connectivity index is -0.000000405. The molecule has 0 spiro atoms. The van der Waals surface area contributed by atoms with Crippen LogP contribution in [0.2, 0.25) is 32.7 Å². The SMILES string of the molecule is C.C.CN[Si](C)(C)N[Si](C)(C)C. The van der Waals surface area contributed by atoms with E-state index in [-0.39, 0.29) is 14.9 Å². The van der Waals surface area contributed by atoms with Crippen LogP contribution in [0.4, 0.5) is 0 Å². The van der Waals surface area contributed by atoms with Gasteiger partial charge in [0.1, 0.15) is 8.24 Å². The molecule has 4 heteroatoms. The monoisotopic (exact) mass is 208 g/mol. The first kappa shape index (κ1) is 18.2. The lowest BCUT2D eigenvalue weighted by molar-refractivity contribution is 1.09. The molecule has 0 aliphatic carbocycles. The summed E-state index contributed by atoms with van der Waals surface area (Å²) in [7, 11) is -0.274. The Morgan fingerprint density at radius 3 is 1.25 bits per heavy atom. The highest BCUT2D eigenvalue weighted by atomic mass is 28.4. The maximum absolute atomic E-state index is 3.71. The number of rotatable bonds is 3. The van der Waals surface area contributed by atoms with Gasteiger partial charge < -0.3 is 9.63 Å². The molecule has 0 aromatic rings. The lowest BCUT2D eigenvalue weighted by Crippen LogP contribution is -2.64. The number of hydrogen-bond donors (Lipinski definition) is 2. The molecule has 0 unspecified atom stereocenters. The summed E-state index contributed by atoms with van der Waals surface area (Å²) in [4.78, 5) is 3.36. The molecule has 0 bridgehead atoms. The maximum atomic E-state index is 3.71. The van der Waals surface area contributed by atoms with Gasteiger partial charge in [0.15, 0.2) is 8.40 Å². The van der Waals surface area contributed by atoms with E-state index in [9.17, 15) is 0 Å². The fourth-order valence-corrected chi connectivity index (χ4v) is 9.00. The van der Waals surface area contributed by atoms with E-state index in [1.54, 1.807) is 0 Å². The van der Waals surface area contributed by atoms with E-state index in [0.29, 0.717) is 0 Å². The lowest BCUT2D eigenvalue weighted by Gasteiger charge is -2.31. The minimum atomic E-state index is -1.25. The predicted octanol–water partition coefficient (Wildman–Crippen LogP) is 2.60. The van der Waals surface area contributed by atoms with Crippen molar-refractivity contribution in [3.8, 4) is 0 Å². The van der Waals surface area contributed by atoms with Gasteiger partial charge in [-0.15, -0.1) is 0 Å². The molecular weight excluding hydrogens is 180 g/mol. The minimum Gasteiger partial charge on any atom is -0.348 e. The maximum Gasteiger partial charge on any atom is 0.188 e. The third-order valence-electron chi connectivity index (χ3n) is 1.31. The number of nitrogens with one attached hydrogen (secondary N) is 2. The van der Waals surface area contributed by atoms with Crippen LogP contribution in [0, 0.1) is 0 Å². The molecule has 0 radical (unpaired) electrons. The molecule has 0 amide bonds. The summed E-state index contributed by atoms with van der Waals surface area (Å²) in [6.45, 7) is 11.6. The van der Waals surface area contributed by atoms with Crippen molar-refractivity contribution in [3.05, 3.63) is 0 Å². The second kappa shape index (κ2) is 5.91. The van der Waals surface area contributed by atoms with Crippen molar-refractivity contribution < 1.29 is 0 Å². The average Bonchev–Trinajstić information content (AvgIpc) is 1.60. The predicted molar refractivity (Wildman–Crippen MR) is 66.5 cm³/mol. The molecule has 0 rings (SSSR count). The van der Waals surface area contributed by atoms with Gasteiger partial charge in [-0.2, -0.15) is 0 Å². The Labute approximate surface area is 81.4 Å². The molecule has 0 aromatic carbocycles. The zero-order valence-electron chi connectivity index (χ0n) is 8.00. The zero-order chi connectivity index (χ0) is 8.41. The van der Waals surface area contributed by atoms with Crippen LogP contribution < -0.4 is 9.63 Å².